The Morgan fingerprint density at radius 2 is 0.474 bits per heavy atom. The van der Waals surface area contributed by atoms with E-state index in [1.165, 1.54) is 225 Å². The van der Waals surface area contributed by atoms with E-state index in [1.54, 1.807) is 0 Å². The lowest BCUT2D eigenvalue weighted by molar-refractivity contribution is -0.161. The van der Waals surface area contributed by atoms with Crippen molar-refractivity contribution in [2.24, 2.45) is 5.92 Å². The molecule has 0 spiro atoms. The molecule has 0 aromatic carbocycles. The Morgan fingerprint density at radius 3 is 0.701 bits per heavy atom. The second-order valence-corrected chi connectivity index (χ2v) is 31.5. The van der Waals surface area contributed by atoms with Crippen molar-refractivity contribution in [1.29, 1.82) is 0 Å². The minimum Gasteiger partial charge on any atom is -0.462 e. The first-order valence-corrected chi connectivity index (χ1v) is 43.6. The molecule has 5 atom stereocenters. The summed E-state index contributed by atoms with van der Waals surface area (Å²) >= 11 is 0. The lowest BCUT2D eigenvalue weighted by atomic mass is 10.0. The third-order valence-corrected chi connectivity index (χ3v) is 20.2. The number of esters is 4. The quantitative estimate of drug-likeness (QED) is 0.0222. The maximum Gasteiger partial charge on any atom is 0.472 e. The van der Waals surface area contributed by atoms with Crippen molar-refractivity contribution >= 4 is 39.5 Å². The van der Waals surface area contributed by atoms with Gasteiger partial charge in [0.15, 0.2) is 12.2 Å². The van der Waals surface area contributed by atoms with Crippen LogP contribution in [0.3, 0.4) is 0 Å². The van der Waals surface area contributed by atoms with Crippen LogP contribution in [0.15, 0.2) is 0 Å². The van der Waals surface area contributed by atoms with Crippen LogP contribution in [0.1, 0.15) is 413 Å². The second-order valence-electron chi connectivity index (χ2n) is 28.6. The number of aliphatic hydroxyl groups excluding tert-OH is 1. The smallest absolute Gasteiger partial charge is 0.462 e. The van der Waals surface area contributed by atoms with E-state index in [0.29, 0.717) is 25.7 Å². The number of unbranched alkanes of at least 4 members (excludes halogenated alkanes) is 50. The monoisotopic (exact) mass is 1420 g/mol. The van der Waals surface area contributed by atoms with Crippen LogP contribution >= 0.6 is 15.6 Å². The fourth-order valence-electron chi connectivity index (χ4n) is 12.1. The van der Waals surface area contributed by atoms with Gasteiger partial charge in [-0.2, -0.15) is 0 Å². The van der Waals surface area contributed by atoms with Crippen LogP contribution in [0.25, 0.3) is 0 Å². The Hall–Kier alpha value is -1.94. The molecule has 576 valence electrons. The number of phosphoric acid groups is 2. The molecule has 19 heteroatoms. The Labute approximate surface area is 594 Å². The summed E-state index contributed by atoms with van der Waals surface area (Å²) < 4.78 is 68.5. The van der Waals surface area contributed by atoms with Gasteiger partial charge in [0, 0.05) is 25.7 Å². The molecule has 0 bridgehead atoms. The number of carbonyl (C=O) groups is 4. The summed E-state index contributed by atoms with van der Waals surface area (Å²) in [7, 11) is -9.91. The number of ether oxygens (including phenoxy) is 4. The highest BCUT2D eigenvalue weighted by molar-refractivity contribution is 7.47. The van der Waals surface area contributed by atoms with E-state index in [9.17, 15) is 43.2 Å². The van der Waals surface area contributed by atoms with Gasteiger partial charge in [-0.3, -0.25) is 37.3 Å². The van der Waals surface area contributed by atoms with Gasteiger partial charge in [0.25, 0.3) is 0 Å². The zero-order valence-corrected chi connectivity index (χ0v) is 65.0. The van der Waals surface area contributed by atoms with Crippen molar-refractivity contribution in [2.75, 3.05) is 39.6 Å². The van der Waals surface area contributed by atoms with Crippen LogP contribution in [-0.4, -0.2) is 96.7 Å². The Bertz CT molecular complexity index is 1860. The predicted molar refractivity (Wildman–Crippen MR) is 395 cm³/mol. The van der Waals surface area contributed by atoms with E-state index in [0.717, 1.165) is 109 Å². The molecular formula is C78H152O17P2. The van der Waals surface area contributed by atoms with Crippen molar-refractivity contribution in [1.82, 2.24) is 0 Å². The number of hydrogen-bond donors (Lipinski definition) is 3. The topological polar surface area (TPSA) is 237 Å². The van der Waals surface area contributed by atoms with Gasteiger partial charge in [-0.1, -0.05) is 362 Å². The molecule has 0 heterocycles. The van der Waals surface area contributed by atoms with Crippen molar-refractivity contribution in [3.63, 3.8) is 0 Å². The van der Waals surface area contributed by atoms with Gasteiger partial charge in [-0.25, -0.2) is 9.13 Å². The summed E-state index contributed by atoms with van der Waals surface area (Å²) in [6, 6.07) is 0. The fraction of sp³-hybridized carbons (Fsp3) is 0.949. The van der Waals surface area contributed by atoms with E-state index in [-0.39, 0.29) is 25.7 Å². The minimum atomic E-state index is -4.96. The highest BCUT2D eigenvalue weighted by Gasteiger charge is 2.30. The van der Waals surface area contributed by atoms with Crippen LogP contribution in [0.4, 0.5) is 0 Å². The van der Waals surface area contributed by atoms with E-state index in [1.807, 2.05) is 0 Å². The first-order chi connectivity index (χ1) is 47.0. The highest BCUT2D eigenvalue weighted by atomic mass is 31.2. The van der Waals surface area contributed by atoms with E-state index in [4.69, 9.17) is 37.0 Å². The summed E-state index contributed by atoms with van der Waals surface area (Å²) in [4.78, 5) is 72.8. The molecule has 0 fully saturated rings. The molecule has 0 aliphatic heterocycles. The highest BCUT2D eigenvalue weighted by Crippen LogP contribution is 2.45. The second kappa shape index (κ2) is 71.1. The Morgan fingerprint density at radius 1 is 0.278 bits per heavy atom. The van der Waals surface area contributed by atoms with Gasteiger partial charge in [-0.15, -0.1) is 0 Å². The third-order valence-electron chi connectivity index (χ3n) is 18.3. The molecule has 2 unspecified atom stereocenters. The van der Waals surface area contributed by atoms with Crippen molar-refractivity contribution in [2.45, 2.75) is 432 Å². The molecule has 0 aromatic rings. The molecule has 0 aliphatic rings. The van der Waals surface area contributed by atoms with Crippen LogP contribution < -0.4 is 0 Å². The van der Waals surface area contributed by atoms with Gasteiger partial charge in [0.1, 0.15) is 19.3 Å². The van der Waals surface area contributed by atoms with Gasteiger partial charge >= 0.3 is 39.5 Å². The predicted octanol–water partition coefficient (Wildman–Crippen LogP) is 23.3. The van der Waals surface area contributed by atoms with E-state index >= 15 is 0 Å². The molecule has 17 nitrogen and oxygen atoms in total. The number of phosphoric ester groups is 2. The molecule has 0 radical (unpaired) electrons. The minimum absolute atomic E-state index is 0.107. The molecule has 0 saturated heterocycles. The zero-order chi connectivity index (χ0) is 71.2. The third kappa shape index (κ3) is 72.2. The lowest BCUT2D eigenvalue weighted by Crippen LogP contribution is -2.30. The number of hydrogen-bond acceptors (Lipinski definition) is 15. The van der Waals surface area contributed by atoms with Gasteiger partial charge in [-0.05, 0) is 31.6 Å². The molecule has 97 heavy (non-hydrogen) atoms. The van der Waals surface area contributed by atoms with Gasteiger partial charge in [0.2, 0.25) is 0 Å². The average molecular weight is 1420 g/mol. The molecule has 0 saturated carbocycles. The molecule has 0 rings (SSSR count). The van der Waals surface area contributed by atoms with Gasteiger partial charge < -0.3 is 33.8 Å². The number of carbonyl (C=O) groups excluding carboxylic acids is 4. The molecule has 3 N–H and O–H groups in total. The fourth-order valence-corrected chi connectivity index (χ4v) is 13.6. The normalized spacial score (nSPS) is 13.9. The SMILES string of the molecule is CCCCCCCCCCCCCCCCCCCCCC(=O)O[C@H](COC(=O)CCCCCCCCCCCCCCCCCC)COP(=O)(O)OC[C@@H](O)COP(=O)(O)OC[C@@H](COC(=O)CCCCCCCCC)OC(=O)CCCCCCCCCCCCCCC(C)C. The molecule has 0 aliphatic carbocycles. The van der Waals surface area contributed by atoms with Crippen molar-refractivity contribution in [3.05, 3.63) is 0 Å². The maximum absolute atomic E-state index is 13.1. The lowest BCUT2D eigenvalue weighted by Gasteiger charge is -2.21. The summed E-state index contributed by atoms with van der Waals surface area (Å²) in [6.45, 7) is 7.28. The van der Waals surface area contributed by atoms with Crippen LogP contribution in [0, 0.1) is 5.92 Å². The van der Waals surface area contributed by atoms with E-state index in [2.05, 4.69) is 34.6 Å². The zero-order valence-electron chi connectivity index (χ0n) is 63.2. The first-order valence-electron chi connectivity index (χ1n) is 40.6. The largest absolute Gasteiger partial charge is 0.472 e. The molecular weight excluding hydrogens is 1270 g/mol. The van der Waals surface area contributed by atoms with Crippen molar-refractivity contribution in [3.8, 4) is 0 Å². The number of rotatable bonds is 78. The van der Waals surface area contributed by atoms with Gasteiger partial charge in [0.05, 0.1) is 26.4 Å². The molecule has 0 amide bonds. The molecule has 0 aromatic heterocycles. The summed E-state index contributed by atoms with van der Waals surface area (Å²) in [5.41, 5.74) is 0. The number of aliphatic hydroxyl groups is 1. The van der Waals surface area contributed by atoms with Crippen molar-refractivity contribution < 1.29 is 80.2 Å². The Kier molecular flexibility index (Phi) is 69.6. The maximum atomic E-state index is 13.1. The average Bonchev–Trinajstić information content (AvgIpc) is 1.74. The van der Waals surface area contributed by atoms with Crippen LogP contribution in [0.2, 0.25) is 0 Å². The summed E-state index contributed by atoms with van der Waals surface area (Å²) in [6.07, 6.45) is 61.2. The standard InChI is InChI=1S/C78H152O17P2/c1-6-9-12-15-18-20-22-24-26-28-29-30-32-34-39-43-48-53-58-63-78(83)95-74(68-89-76(81)62-57-52-47-42-38-33-31-27-25-23-21-19-16-13-10-7-2)70-93-97(86,87)91-66-72(79)65-90-96(84,85)92-69-73(67-88-75(80)61-56-51-45-17-14-11-8-3)94-77(82)64-59-54-49-44-40-36-35-37-41-46-50-55-60-71(4)5/h71-74,79H,6-70H2,1-5H3,(H,84,85)(H,86,87)/t72-,73+,74+/m0/s1. The van der Waals surface area contributed by atoms with E-state index < -0.39 is 97.5 Å². The first kappa shape index (κ1) is 95.1. The van der Waals surface area contributed by atoms with Crippen LogP contribution in [0.5, 0.6) is 0 Å². The Balaban J connectivity index is 5.18. The summed E-state index contributed by atoms with van der Waals surface area (Å²) in [5, 5.41) is 10.6. The summed E-state index contributed by atoms with van der Waals surface area (Å²) in [5.74, 6) is -1.34. The van der Waals surface area contributed by atoms with Crippen LogP contribution in [-0.2, 0) is 65.4 Å².